The number of nitrogens with one attached hydrogen (secondary N) is 1. The molecular weight excluding hydrogens is 216 g/mol. The Kier molecular flexibility index (Phi) is 2.79. The largest absolute Gasteiger partial charge is 0.504 e. The first-order valence-corrected chi connectivity index (χ1v) is 5.52. The predicted molar refractivity (Wildman–Crippen MR) is 58.4 cm³/mol. The van der Waals surface area contributed by atoms with Gasteiger partial charge >= 0.3 is 0 Å². The highest BCUT2D eigenvalue weighted by Gasteiger charge is 2.25. The molecule has 0 saturated carbocycles. The van der Waals surface area contributed by atoms with Crippen LogP contribution in [0.25, 0.3) is 0 Å². The van der Waals surface area contributed by atoms with Crippen molar-refractivity contribution in [3.63, 3.8) is 0 Å². The van der Waals surface area contributed by atoms with Crippen molar-refractivity contribution in [3.8, 4) is 11.5 Å². The summed E-state index contributed by atoms with van der Waals surface area (Å²) in [4.78, 5) is 10.6. The molecule has 80 valence electrons. The second kappa shape index (κ2) is 4.08. The molecule has 1 aliphatic heterocycles. The molecule has 0 aliphatic carbocycles. The van der Waals surface area contributed by atoms with E-state index in [1.54, 1.807) is 11.8 Å². The summed E-state index contributed by atoms with van der Waals surface area (Å²) in [6.45, 7) is 0.808. The fourth-order valence-electron chi connectivity index (χ4n) is 1.54. The smallest absolute Gasteiger partial charge is 0.165 e. The van der Waals surface area contributed by atoms with Crippen molar-refractivity contribution >= 4 is 17.4 Å². The number of nitrogens with zero attached hydrogens (tertiary/aromatic N) is 1. The maximum Gasteiger partial charge on any atom is 0.165 e. The third kappa shape index (κ3) is 1.78. The number of thioether (sulfide) groups is 1. The van der Waals surface area contributed by atoms with E-state index in [0.717, 1.165) is 12.3 Å². The van der Waals surface area contributed by atoms with Gasteiger partial charge in [0.15, 0.2) is 11.5 Å². The van der Waals surface area contributed by atoms with E-state index in [1.807, 2.05) is 0 Å². The van der Waals surface area contributed by atoms with E-state index >= 15 is 0 Å². The van der Waals surface area contributed by atoms with Gasteiger partial charge < -0.3 is 15.5 Å². The number of aromatic hydroxyl groups is 2. The first-order chi connectivity index (χ1) is 7.24. The van der Waals surface area contributed by atoms with Crippen LogP contribution in [0.5, 0.6) is 11.5 Å². The van der Waals surface area contributed by atoms with E-state index in [2.05, 4.69) is 10.5 Å². The van der Waals surface area contributed by atoms with Gasteiger partial charge in [-0.05, 0) is 17.3 Å². The van der Waals surface area contributed by atoms with Crippen LogP contribution in [0.4, 0.5) is 5.69 Å². The van der Waals surface area contributed by atoms with Gasteiger partial charge in [0.2, 0.25) is 0 Å². The van der Waals surface area contributed by atoms with Crippen LogP contribution in [-0.4, -0.2) is 22.5 Å². The molecule has 2 rings (SSSR count). The standard InChI is InChI=1S/C9H10N2O3S/c12-6-2-1-5(11-14)7(8(6)13)9-10-3-4-15-9/h1-2,9-10,12-13H,3-4H2. The summed E-state index contributed by atoms with van der Waals surface area (Å²) in [5.74, 6) is 0.406. The van der Waals surface area contributed by atoms with Crippen molar-refractivity contribution in [2.24, 2.45) is 5.18 Å². The SMILES string of the molecule is O=Nc1ccc(O)c(O)c1C1NCCS1. The van der Waals surface area contributed by atoms with Crippen LogP contribution in [-0.2, 0) is 0 Å². The topological polar surface area (TPSA) is 81.9 Å². The van der Waals surface area contributed by atoms with E-state index in [-0.39, 0.29) is 22.6 Å². The summed E-state index contributed by atoms with van der Waals surface area (Å²) in [5.41, 5.74) is 0.532. The number of benzene rings is 1. The van der Waals surface area contributed by atoms with E-state index in [9.17, 15) is 15.1 Å². The summed E-state index contributed by atoms with van der Waals surface area (Å²) in [5, 5.41) is 24.8. The molecule has 1 saturated heterocycles. The minimum absolute atomic E-state index is 0.164. The summed E-state index contributed by atoms with van der Waals surface area (Å²) in [6, 6.07) is 2.66. The monoisotopic (exact) mass is 226 g/mol. The van der Waals surface area contributed by atoms with Crippen LogP contribution in [0.1, 0.15) is 10.9 Å². The number of hydrogen-bond donors (Lipinski definition) is 3. The van der Waals surface area contributed by atoms with Gasteiger partial charge in [-0.25, -0.2) is 0 Å². The average Bonchev–Trinajstić information content (AvgIpc) is 2.75. The Morgan fingerprint density at radius 2 is 2.27 bits per heavy atom. The molecule has 1 atom stereocenters. The molecule has 15 heavy (non-hydrogen) atoms. The van der Waals surface area contributed by atoms with Crippen LogP contribution >= 0.6 is 11.8 Å². The van der Waals surface area contributed by atoms with Crippen LogP contribution in [0.3, 0.4) is 0 Å². The Balaban J connectivity index is 2.50. The predicted octanol–water partition coefficient (Wildman–Crippen LogP) is 1.83. The molecule has 0 aromatic heterocycles. The number of hydrogen-bond acceptors (Lipinski definition) is 6. The van der Waals surface area contributed by atoms with Gasteiger partial charge in [-0.2, -0.15) is 0 Å². The van der Waals surface area contributed by atoms with E-state index < -0.39 is 0 Å². The number of rotatable bonds is 2. The van der Waals surface area contributed by atoms with Crippen molar-refractivity contribution < 1.29 is 10.2 Å². The van der Waals surface area contributed by atoms with Crippen LogP contribution in [0, 0.1) is 4.91 Å². The minimum Gasteiger partial charge on any atom is -0.504 e. The zero-order valence-corrected chi connectivity index (χ0v) is 8.62. The molecule has 1 aromatic carbocycles. The molecule has 6 heteroatoms. The summed E-state index contributed by atoms with van der Waals surface area (Å²) >= 11 is 1.57. The third-order valence-corrected chi connectivity index (χ3v) is 3.43. The highest BCUT2D eigenvalue weighted by Crippen LogP contribution is 2.44. The number of nitroso groups, excluding NO2 is 1. The fraction of sp³-hybridized carbons (Fsp3) is 0.333. The minimum atomic E-state index is -0.265. The Bertz CT molecular complexity index is 391. The second-order valence-electron chi connectivity index (χ2n) is 3.16. The Hall–Kier alpha value is -1.27. The van der Waals surface area contributed by atoms with Crippen molar-refractivity contribution in [1.82, 2.24) is 5.32 Å². The normalized spacial score (nSPS) is 20.4. The lowest BCUT2D eigenvalue weighted by Crippen LogP contribution is -2.12. The van der Waals surface area contributed by atoms with Crippen LogP contribution in [0.15, 0.2) is 17.3 Å². The lowest BCUT2D eigenvalue weighted by Gasteiger charge is -2.13. The maximum absolute atomic E-state index is 10.6. The first kappa shape index (κ1) is 10.3. The molecule has 1 heterocycles. The molecule has 0 amide bonds. The van der Waals surface area contributed by atoms with E-state index in [1.165, 1.54) is 12.1 Å². The van der Waals surface area contributed by atoms with Crippen LogP contribution < -0.4 is 5.32 Å². The first-order valence-electron chi connectivity index (χ1n) is 4.47. The van der Waals surface area contributed by atoms with Gasteiger partial charge in [-0.3, -0.25) is 0 Å². The van der Waals surface area contributed by atoms with Gasteiger partial charge in [0.05, 0.1) is 10.9 Å². The molecule has 0 bridgehead atoms. The molecule has 0 spiro atoms. The molecule has 1 fully saturated rings. The van der Waals surface area contributed by atoms with Crippen molar-refractivity contribution in [2.75, 3.05) is 12.3 Å². The molecule has 5 nitrogen and oxygen atoms in total. The third-order valence-electron chi connectivity index (χ3n) is 2.25. The highest BCUT2D eigenvalue weighted by molar-refractivity contribution is 7.99. The molecule has 3 N–H and O–H groups in total. The molecule has 1 aromatic rings. The summed E-state index contributed by atoms with van der Waals surface area (Å²) < 4.78 is 0. The lowest BCUT2D eigenvalue weighted by molar-refractivity contribution is 0.398. The summed E-state index contributed by atoms with van der Waals surface area (Å²) in [6.07, 6.45) is 0. The van der Waals surface area contributed by atoms with Crippen LogP contribution in [0.2, 0.25) is 0 Å². The quantitative estimate of drug-likeness (QED) is 0.529. The number of phenolic OH excluding ortho intramolecular Hbond substituents is 2. The summed E-state index contributed by atoms with van der Waals surface area (Å²) in [7, 11) is 0. The number of phenols is 2. The molecule has 0 radical (unpaired) electrons. The Morgan fingerprint density at radius 3 is 2.87 bits per heavy atom. The second-order valence-corrected chi connectivity index (χ2v) is 4.38. The fourth-order valence-corrected chi connectivity index (χ4v) is 2.64. The molecule has 1 unspecified atom stereocenters. The maximum atomic E-state index is 10.6. The van der Waals surface area contributed by atoms with Crippen molar-refractivity contribution in [2.45, 2.75) is 5.37 Å². The van der Waals surface area contributed by atoms with Gasteiger partial charge in [0.1, 0.15) is 5.69 Å². The van der Waals surface area contributed by atoms with E-state index in [4.69, 9.17) is 0 Å². The molecule has 1 aliphatic rings. The Morgan fingerprint density at radius 1 is 1.47 bits per heavy atom. The highest BCUT2D eigenvalue weighted by atomic mass is 32.2. The Labute approximate surface area is 90.5 Å². The van der Waals surface area contributed by atoms with Crippen molar-refractivity contribution in [1.29, 1.82) is 0 Å². The average molecular weight is 226 g/mol. The molecular formula is C9H10N2O3S. The van der Waals surface area contributed by atoms with E-state index in [0.29, 0.717) is 5.56 Å². The van der Waals surface area contributed by atoms with Crippen molar-refractivity contribution in [3.05, 3.63) is 22.6 Å². The zero-order valence-electron chi connectivity index (χ0n) is 7.80. The lowest BCUT2D eigenvalue weighted by atomic mass is 10.1. The van der Waals surface area contributed by atoms with Gasteiger partial charge in [-0.15, -0.1) is 16.7 Å². The van der Waals surface area contributed by atoms with Gasteiger partial charge in [0, 0.05) is 12.3 Å². The van der Waals surface area contributed by atoms with Gasteiger partial charge in [-0.1, -0.05) is 0 Å². The zero-order chi connectivity index (χ0) is 10.8. The van der Waals surface area contributed by atoms with Gasteiger partial charge in [0.25, 0.3) is 0 Å².